The van der Waals surface area contributed by atoms with Gasteiger partial charge in [-0.3, -0.25) is 14.9 Å². The topological polar surface area (TPSA) is 116 Å². The second-order valence-electron chi connectivity index (χ2n) is 6.61. The summed E-state index contributed by atoms with van der Waals surface area (Å²) in [6, 6.07) is 10.5. The number of carboxylic acids is 1. The maximum absolute atomic E-state index is 12.8. The number of nitro groups is 1. The van der Waals surface area contributed by atoms with Crippen LogP contribution >= 0.6 is 0 Å². The number of amides is 1. The Hall–Kier alpha value is -4.01. The predicted octanol–water partition coefficient (Wildman–Crippen LogP) is 3.17. The van der Waals surface area contributed by atoms with Crippen LogP contribution in [-0.2, 0) is 4.79 Å². The van der Waals surface area contributed by atoms with Crippen molar-refractivity contribution in [1.82, 2.24) is 0 Å². The van der Waals surface area contributed by atoms with Crippen molar-refractivity contribution in [2.24, 2.45) is 5.10 Å². The summed E-state index contributed by atoms with van der Waals surface area (Å²) in [5.74, 6) is -1.46. The van der Waals surface area contributed by atoms with Crippen molar-refractivity contribution in [3.63, 3.8) is 0 Å². The number of hydrogen-bond donors (Lipinski definition) is 1. The van der Waals surface area contributed by atoms with Crippen molar-refractivity contribution in [3.8, 4) is 0 Å². The molecule has 0 bridgehead atoms. The molecule has 1 N–H and O–H groups in total. The number of benzene rings is 2. The van der Waals surface area contributed by atoms with Crippen LogP contribution in [0.4, 0.5) is 17.1 Å². The van der Waals surface area contributed by atoms with Gasteiger partial charge in [-0.25, -0.2) is 4.79 Å². The standard InChI is InChI=1S/C20H18N4O5/c1-12-16(10-13-4-9-17(22(2)3)18(11-13)24(28)29)19(25)23(21-12)15-7-5-14(6-8-15)20(26)27/h4-11H,1-3H3,(H,26,27). The van der Waals surface area contributed by atoms with E-state index in [1.807, 2.05) is 0 Å². The number of hydrazone groups is 1. The summed E-state index contributed by atoms with van der Waals surface area (Å²) in [4.78, 5) is 36.3. The zero-order valence-corrected chi connectivity index (χ0v) is 16.0. The van der Waals surface area contributed by atoms with Crippen molar-refractivity contribution in [2.75, 3.05) is 24.0 Å². The number of hydrogen-bond acceptors (Lipinski definition) is 6. The molecule has 0 saturated heterocycles. The molecule has 0 atom stereocenters. The highest BCUT2D eigenvalue weighted by Gasteiger charge is 2.29. The molecule has 1 aliphatic heterocycles. The smallest absolute Gasteiger partial charge is 0.335 e. The van der Waals surface area contributed by atoms with Crippen LogP contribution in [-0.4, -0.2) is 41.7 Å². The van der Waals surface area contributed by atoms with Gasteiger partial charge in [0.25, 0.3) is 11.6 Å². The van der Waals surface area contributed by atoms with Crippen LogP contribution in [0.2, 0.25) is 0 Å². The van der Waals surface area contributed by atoms with E-state index in [1.165, 1.54) is 35.3 Å². The van der Waals surface area contributed by atoms with Crippen LogP contribution in [0.3, 0.4) is 0 Å². The zero-order valence-electron chi connectivity index (χ0n) is 16.0. The molecule has 9 nitrogen and oxygen atoms in total. The fourth-order valence-corrected chi connectivity index (χ4v) is 2.93. The lowest BCUT2D eigenvalue weighted by Gasteiger charge is -2.13. The number of carboxylic acid groups (broad SMARTS) is 1. The number of aromatic carboxylic acids is 1. The minimum Gasteiger partial charge on any atom is -0.478 e. The molecule has 0 aromatic heterocycles. The third kappa shape index (κ3) is 3.84. The maximum atomic E-state index is 12.8. The first-order valence-corrected chi connectivity index (χ1v) is 8.60. The second kappa shape index (κ2) is 7.55. The molecule has 1 amide bonds. The van der Waals surface area contributed by atoms with E-state index in [2.05, 4.69) is 5.10 Å². The molecule has 0 saturated carbocycles. The number of nitro benzene ring substituents is 1. The van der Waals surface area contributed by atoms with Crippen LogP contribution < -0.4 is 9.91 Å². The monoisotopic (exact) mass is 394 g/mol. The van der Waals surface area contributed by atoms with Gasteiger partial charge < -0.3 is 10.0 Å². The van der Waals surface area contributed by atoms with E-state index in [0.717, 1.165) is 0 Å². The summed E-state index contributed by atoms with van der Waals surface area (Å²) >= 11 is 0. The van der Waals surface area contributed by atoms with Crippen LogP contribution in [0.5, 0.6) is 0 Å². The molecule has 3 rings (SSSR count). The fraction of sp³-hybridized carbons (Fsp3) is 0.150. The van der Waals surface area contributed by atoms with Crippen LogP contribution in [0.1, 0.15) is 22.8 Å². The van der Waals surface area contributed by atoms with Crippen molar-refractivity contribution < 1.29 is 19.6 Å². The third-order valence-electron chi connectivity index (χ3n) is 4.41. The number of anilines is 2. The van der Waals surface area contributed by atoms with Gasteiger partial charge in [-0.2, -0.15) is 10.1 Å². The first-order valence-electron chi connectivity index (χ1n) is 8.60. The maximum Gasteiger partial charge on any atom is 0.335 e. The average molecular weight is 394 g/mol. The lowest BCUT2D eigenvalue weighted by atomic mass is 10.1. The van der Waals surface area contributed by atoms with E-state index in [9.17, 15) is 19.7 Å². The normalized spacial score (nSPS) is 14.9. The Morgan fingerprint density at radius 2 is 1.86 bits per heavy atom. The zero-order chi connectivity index (χ0) is 21.3. The SMILES string of the molecule is CC1=NN(c2ccc(C(=O)O)cc2)C(=O)C1=Cc1ccc(N(C)C)c([N+](=O)[O-])c1. The summed E-state index contributed by atoms with van der Waals surface area (Å²) in [5.41, 5.74) is 2.19. The summed E-state index contributed by atoms with van der Waals surface area (Å²) in [5, 5.41) is 25.8. The molecule has 1 aliphatic rings. The van der Waals surface area contributed by atoms with E-state index in [-0.39, 0.29) is 11.3 Å². The van der Waals surface area contributed by atoms with Gasteiger partial charge in [0.15, 0.2) is 0 Å². The second-order valence-corrected chi connectivity index (χ2v) is 6.61. The minimum atomic E-state index is -1.06. The predicted molar refractivity (Wildman–Crippen MR) is 109 cm³/mol. The molecule has 0 radical (unpaired) electrons. The van der Waals surface area contributed by atoms with Crippen LogP contribution in [0, 0.1) is 10.1 Å². The highest BCUT2D eigenvalue weighted by molar-refractivity contribution is 6.32. The van der Waals surface area contributed by atoms with Gasteiger partial charge in [0.1, 0.15) is 5.69 Å². The Morgan fingerprint density at radius 3 is 2.41 bits per heavy atom. The van der Waals surface area contributed by atoms with E-state index >= 15 is 0 Å². The molecule has 2 aromatic carbocycles. The van der Waals surface area contributed by atoms with Crippen LogP contribution in [0.25, 0.3) is 6.08 Å². The Kier molecular flexibility index (Phi) is 5.14. The summed E-state index contributed by atoms with van der Waals surface area (Å²) in [7, 11) is 3.43. The lowest BCUT2D eigenvalue weighted by Crippen LogP contribution is -2.21. The van der Waals surface area contributed by atoms with Crippen molar-refractivity contribution in [1.29, 1.82) is 0 Å². The Bertz CT molecular complexity index is 1070. The summed E-state index contributed by atoms with van der Waals surface area (Å²) in [6.07, 6.45) is 1.55. The highest BCUT2D eigenvalue weighted by atomic mass is 16.6. The molecule has 9 heteroatoms. The van der Waals surface area contributed by atoms with Gasteiger partial charge >= 0.3 is 5.97 Å². The molecule has 0 unspecified atom stereocenters. The molecule has 1 heterocycles. The van der Waals surface area contributed by atoms with Crippen molar-refractivity contribution >= 4 is 40.7 Å². The van der Waals surface area contributed by atoms with Crippen LogP contribution in [0.15, 0.2) is 53.1 Å². The molecular formula is C20H18N4O5. The van der Waals surface area contributed by atoms with Gasteiger partial charge in [0.2, 0.25) is 0 Å². The molecule has 0 spiro atoms. The number of carbonyl (C=O) groups is 2. The van der Waals surface area contributed by atoms with E-state index in [1.54, 1.807) is 44.1 Å². The quantitative estimate of drug-likeness (QED) is 0.473. The van der Waals surface area contributed by atoms with E-state index in [4.69, 9.17) is 5.11 Å². The Labute approximate surface area is 166 Å². The Balaban J connectivity index is 1.94. The molecule has 0 aliphatic carbocycles. The van der Waals surface area contributed by atoms with Gasteiger partial charge in [-0.1, -0.05) is 6.07 Å². The highest BCUT2D eigenvalue weighted by Crippen LogP contribution is 2.30. The Morgan fingerprint density at radius 1 is 1.21 bits per heavy atom. The van der Waals surface area contributed by atoms with E-state index in [0.29, 0.717) is 28.2 Å². The average Bonchev–Trinajstić information content (AvgIpc) is 2.96. The third-order valence-corrected chi connectivity index (χ3v) is 4.41. The molecule has 2 aromatic rings. The van der Waals surface area contributed by atoms with Gasteiger partial charge in [0.05, 0.1) is 27.5 Å². The number of carbonyl (C=O) groups excluding carboxylic acids is 1. The number of nitrogens with zero attached hydrogens (tertiary/aromatic N) is 4. The van der Waals surface area contributed by atoms with Crippen molar-refractivity contribution in [2.45, 2.75) is 6.92 Å². The van der Waals surface area contributed by atoms with Gasteiger partial charge in [-0.15, -0.1) is 0 Å². The van der Waals surface area contributed by atoms with Gasteiger partial charge in [0, 0.05) is 20.2 Å². The lowest BCUT2D eigenvalue weighted by molar-refractivity contribution is -0.384. The van der Waals surface area contributed by atoms with Crippen molar-refractivity contribution in [3.05, 3.63) is 69.3 Å². The molecular weight excluding hydrogens is 376 g/mol. The summed E-state index contributed by atoms with van der Waals surface area (Å²) in [6.45, 7) is 1.66. The first-order chi connectivity index (χ1) is 13.7. The molecule has 0 fully saturated rings. The summed E-state index contributed by atoms with van der Waals surface area (Å²) < 4.78 is 0. The van der Waals surface area contributed by atoms with E-state index < -0.39 is 16.8 Å². The molecule has 148 valence electrons. The van der Waals surface area contributed by atoms with Gasteiger partial charge in [-0.05, 0) is 48.9 Å². The molecule has 29 heavy (non-hydrogen) atoms. The largest absolute Gasteiger partial charge is 0.478 e. The number of rotatable bonds is 5. The minimum absolute atomic E-state index is 0.0643. The first kappa shape index (κ1) is 19.7. The fourth-order valence-electron chi connectivity index (χ4n) is 2.93.